The molecule has 0 aromatic heterocycles. The molecular weight excluding hydrogens is 338 g/mol. The highest BCUT2D eigenvalue weighted by Gasteiger charge is 2.27. The molecule has 2 rings (SSSR count). The first kappa shape index (κ1) is 19.7. The van der Waals surface area contributed by atoms with Crippen molar-refractivity contribution < 1.29 is 18.7 Å². The number of amides is 1. The smallest absolute Gasteiger partial charge is 0.261 e. The monoisotopic (exact) mass is 362 g/mol. The number of halogens is 2. The molecule has 0 fully saturated rings. The summed E-state index contributed by atoms with van der Waals surface area (Å²) in [6.07, 6.45) is -2.58. The maximum Gasteiger partial charge on any atom is 0.261 e. The Bertz CT molecular complexity index is 690. The maximum atomic E-state index is 13.8. The fourth-order valence-electron chi connectivity index (χ4n) is 2.41. The average Bonchev–Trinajstić information content (AvgIpc) is 2.66. The minimum atomic E-state index is -2.16. The van der Waals surface area contributed by atoms with Crippen molar-refractivity contribution in [1.82, 2.24) is 0 Å². The summed E-state index contributed by atoms with van der Waals surface area (Å²) in [5, 5.41) is 14.8. The van der Waals surface area contributed by atoms with Crippen LogP contribution in [0.25, 0.3) is 0 Å². The second kappa shape index (κ2) is 9.75. The minimum absolute atomic E-state index is 0.0468. The van der Waals surface area contributed by atoms with Crippen molar-refractivity contribution in [1.29, 1.82) is 0 Å². The van der Waals surface area contributed by atoms with E-state index in [1.54, 1.807) is 36.4 Å². The zero-order chi connectivity index (χ0) is 18.9. The Labute approximate surface area is 152 Å². The SMILES string of the molecule is CCCCC(F)C(F)C(=O)Nc1ccc(NCc2ccc(O)cc2)cc1. The zero-order valence-corrected chi connectivity index (χ0v) is 14.7. The van der Waals surface area contributed by atoms with Crippen molar-refractivity contribution in [3.8, 4) is 5.75 Å². The van der Waals surface area contributed by atoms with Gasteiger partial charge in [0.1, 0.15) is 11.9 Å². The Hall–Kier alpha value is -2.63. The van der Waals surface area contributed by atoms with E-state index >= 15 is 0 Å². The Balaban J connectivity index is 1.84. The van der Waals surface area contributed by atoms with Gasteiger partial charge in [-0.3, -0.25) is 4.79 Å². The molecule has 6 heteroatoms. The number of carbonyl (C=O) groups is 1. The molecule has 2 atom stereocenters. The summed E-state index contributed by atoms with van der Waals surface area (Å²) in [6.45, 7) is 2.46. The van der Waals surface area contributed by atoms with E-state index in [0.29, 0.717) is 18.7 Å². The summed E-state index contributed by atoms with van der Waals surface area (Å²) >= 11 is 0. The first-order valence-electron chi connectivity index (χ1n) is 8.70. The van der Waals surface area contributed by atoms with Crippen LogP contribution in [0.1, 0.15) is 31.7 Å². The molecule has 4 nitrogen and oxygen atoms in total. The van der Waals surface area contributed by atoms with Gasteiger partial charge < -0.3 is 15.7 Å². The molecule has 1 amide bonds. The molecule has 0 saturated heterocycles. The fraction of sp³-hybridized carbons (Fsp3) is 0.350. The average molecular weight is 362 g/mol. The molecule has 0 aliphatic rings. The summed E-state index contributed by atoms with van der Waals surface area (Å²) in [7, 11) is 0. The van der Waals surface area contributed by atoms with Crippen LogP contribution < -0.4 is 10.6 Å². The quantitative estimate of drug-likeness (QED) is 0.600. The number of benzene rings is 2. The lowest BCUT2D eigenvalue weighted by atomic mass is 10.1. The van der Waals surface area contributed by atoms with Gasteiger partial charge in [-0.2, -0.15) is 0 Å². The lowest BCUT2D eigenvalue weighted by Crippen LogP contribution is -2.32. The number of rotatable bonds is 9. The second-order valence-electron chi connectivity index (χ2n) is 6.15. The zero-order valence-electron chi connectivity index (χ0n) is 14.7. The van der Waals surface area contributed by atoms with Gasteiger partial charge in [-0.05, 0) is 48.4 Å². The number of alkyl halides is 2. The Morgan fingerprint density at radius 1 is 1.04 bits per heavy atom. The molecule has 2 unspecified atom stereocenters. The van der Waals surface area contributed by atoms with E-state index in [2.05, 4.69) is 10.6 Å². The summed E-state index contributed by atoms with van der Waals surface area (Å²) in [6, 6.07) is 13.6. The summed E-state index contributed by atoms with van der Waals surface area (Å²) in [5.41, 5.74) is 2.23. The van der Waals surface area contributed by atoms with E-state index in [9.17, 15) is 18.7 Å². The van der Waals surface area contributed by atoms with Crippen molar-refractivity contribution in [2.75, 3.05) is 10.6 Å². The highest BCUT2D eigenvalue weighted by molar-refractivity contribution is 5.94. The molecule has 3 N–H and O–H groups in total. The number of nitrogens with one attached hydrogen (secondary N) is 2. The van der Waals surface area contributed by atoms with Gasteiger partial charge in [0, 0.05) is 17.9 Å². The molecule has 0 saturated carbocycles. The molecule has 2 aromatic carbocycles. The van der Waals surface area contributed by atoms with Crippen LogP contribution in [-0.2, 0) is 11.3 Å². The van der Waals surface area contributed by atoms with Crippen LogP contribution in [0.4, 0.5) is 20.2 Å². The summed E-state index contributed by atoms with van der Waals surface area (Å²) in [4.78, 5) is 11.8. The van der Waals surface area contributed by atoms with Gasteiger partial charge in [-0.25, -0.2) is 8.78 Å². The lowest BCUT2D eigenvalue weighted by molar-refractivity contribution is -0.123. The van der Waals surface area contributed by atoms with Gasteiger partial charge in [0.15, 0.2) is 0 Å². The number of hydrogen-bond acceptors (Lipinski definition) is 3. The largest absolute Gasteiger partial charge is 0.508 e. The molecular formula is C20H24F2N2O2. The van der Waals surface area contributed by atoms with E-state index in [0.717, 1.165) is 17.7 Å². The summed E-state index contributed by atoms with van der Waals surface area (Å²) < 4.78 is 27.4. The van der Waals surface area contributed by atoms with Crippen LogP contribution in [-0.4, -0.2) is 23.4 Å². The molecule has 0 aliphatic carbocycles. The predicted octanol–water partition coefficient (Wildman–Crippen LogP) is 4.81. The van der Waals surface area contributed by atoms with Crippen LogP contribution >= 0.6 is 0 Å². The van der Waals surface area contributed by atoms with Gasteiger partial charge in [-0.1, -0.05) is 31.9 Å². The number of phenolic OH excluding ortho intramolecular Hbond substituents is 1. The van der Waals surface area contributed by atoms with Crippen molar-refractivity contribution in [2.45, 2.75) is 45.1 Å². The Morgan fingerprint density at radius 3 is 2.27 bits per heavy atom. The maximum absolute atomic E-state index is 13.8. The Morgan fingerprint density at radius 2 is 1.65 bits per heavy atom. The van der Waals surface area contributed by atoms with Crippen molar-refractivity contribution in [3.63, 3.8) is 0 Å². The van der Waals surface area contributed by atoms with Crippen LogP contribution in [0.5, 0.6) is 5.75 Å². The topological polar surface area (TPSA) is 61.4 Å². The van der Waals surface area contributed by atoms with E-state index in [1.807, 2.05) is 19.1 Å². The Kier molecular flexibility index (Phi) is 7.38. The standard InChI is InChI=1S/C20H24F2N2O2/c1-2-3-4-18(21)19(22)20(26)24-16-9-7-15(8-10-16)23-13-14-5-11-17(25)12-6-14/h5-12,18-19,23,25H,2-4,13H2,1H3,(H,24,26). The first-order chi connectivity index (χ1) is 12.5. The molecule has 2 aromatic rings. The summed E-state index contributed by atoms with van der Waals surface area (Å²) in [5.74, 6) is -0.747. The molecule has 26 heavy (non-hydrogen) atoms. The molecule has 0 spiro atoms. The number of anilines is 2. The van der Waals surface area contributed by atoms with E-state index in [1.165, 1.54) is 0 Å². The van der Waals surface area contributed by atoms with Crippen molar-refractivity contribution >= 4 is 17.3 Å². The third kappa shape index (κ3) is 6.02. The third-order valence-corrected chi connectivity index (χ3v) is 3.99. The molecule has 140 valence electrons. The van der Waals surface area contributed by atoms with Crippen LogP contribution in [0.15, 0.2) is 48.5 Å². The van der Waals surface area contributed by atoms with E-state index in [4.69, 9.17) is 0 Å². The van der Waals surface area contributed by atoms with Crippen LogP contribution in [0.2, 0.25) is 0 Å². The fourth-order valence-corrected chi connectivity index (χ4v) is 2.41. The number of unbranched alkanes of at least 4 members (excludes halogenated alkanes) is 1. The molecule has 0 aliphatic heterocycles. The van der Waals surface area contributed by atoms with E-state index < -0.39 is 18.3 Å². The highest BCUT2D eigenvalue weighted by atomic mass is 19.2. The van der Waals surface area contributed by atoms with Gasteiger partial charge >= 0.3 is 0 Å². The number of carbonyl (C=O) groups excluding carboxylic acids is 1. The van der Waals surface area contributed by atoms with Crippen LogP contribution in [0.3, 0.4) is 0 Å². The molecule has 0 radical (unpaired) electrons. The highest BCUT2D eigenvalue weighted by Crippen LogP contribution is 2.18. The lowest BCUT2D eigenvalue weighted by Gasteiger charge is -2.14. The second-order valence-corrected chi connectivity index (χ2v) is 6.15. The van der Waals surface area contributed by atoms with Gasteiger partial charge in [0.05, 0.1) is 0 Å². The van der Waals surface area contributed by atoms with Gasteiger partial charge in [-0.15, -0.1) is 0 Å². The van der Waals surface area contributed by atoms with E-state index in [-0.39, 0.29) is 12.2 Å². The van der Waals surface area contributed by atoms with Crippen molar-refractivity contribution in [2.24, 2.45) is 0 Å². The molecule has 0 heterocycles. The van der Waals surface area contributed by atoms with Crippen molar-refractivity contribution in [3.05, 3.63) is 54.1 Å². The number of hydrogen-bond donors (Lipinski definition) is 3. The van der Waals surface area contributed by atoms with Gasteiger partial charge in [0.25, 0.3) is 5.91 Å². The normalized spacial score (nSPS) is 13.0. The molecule has 0 bridgehead atoms. The number of aromatic hydroxyl groups is 1. The van der Waals surface area contributed by atoms with Gasteiger partial charge in [0.2, 0.25) is 6.17 Å². The number of phenols is 1. The first-order valence-corrected chi connectivity index (χ1v) is 8.70. The minimum Gasteiger partial charge on any atom is -0.508 e. The van der Waals surface area contributed by atoms with Crippen LogP contribution in [0, 0.1) is 0 Å². The predicted molar refractivity (Wildman–Crippen MR) is 99.8 cm³/mol. The third-order valence-electron chi connectivity index (χ3n) is 3.99.